The number of aromatic amines is 1. The molecule has 24 heavy (non-hydrogen) atoms. The number of hydrogen-bond acceptors (Lipinski definition) is 5. The Morgan fingerprint density at radius 1 is 1.21 bits per heavy atom. The van der Waals surface area contributed by atoms with Crippen molar-refractivity contribution < 1.29 is 9.72 Å². The molecule has 0 saturated carbocycles. The predicted molar refractivity (Wildman–Crippen MR) is 91.5 cm³/mol. The van der Waals surface area contributed by atoms with Crippen molar-refractivity contribution in [2.75, 3.05) is 5.32 Å². The largest absolute Gasteiger partial charge is 0.313 e. The number of H-pyrrole nitrogens is 1. The van der Waals surface area contributed by atoms with Crippen molar-refractivity contribution in [3.05, 3.63) is 63.1 Å². The number of carbonyl (C=O) groups excluding carboxylic acids is 1. The van der Waals surface area contributed by atoms with E-state index >= 15 is 0 Å². The summed E-state index contributed by atoms with van der Waals surface area (Å²) in [5.41, 5.74) is 2.89. The van der Waals surface area contributed by atoms with Gasteiger partial charge in [-0.1, -0.05) is 12.1 Å². The van der Waals surface area contributed by atoms with Gasteiger partial charge in [0.05, 0.1) is 28.0 Å². The van der Waals surface area contributed by atoms with Crippen molar-refractivity contribution in [1.29, 1.82) is 0 Å². The molecular weight excluding hydrogens is 328 g/mol. The van der Waals surface area contributed by atoms with Crippen LogP contribution in [-0.2, 0) is 4.79 Å². The summed E-state index contributed by atoms with van der Waals surface area (Å²) in [4.78, 5) is 22.9. The molecule has 2 N–H and O–H groups in total. The first kappa shape index (κ1) is 14.3. The van der Waals surface area contributed by atoms with E-state index < -0.39 is 4.92 Å². The maximum absolute atomic E-state index is 12.1. The van der Waals surface area contributed by atoms with Crippen molar-refractivity contribution in [3.63, 3.8) is 0 Å². The van der Waals surface area contributed by atoms with Gasteiger partial charge >= 0.3 is 0 Å². The summed E-state index contributed by atoms with van der Waals surface area (Å²) in [6.45, 7) is 0. The fraction of sp³-hybridized carbons (Fsp3) is 0. The molecule has 0 bridgehead atoms. The Hall–Kier alpha value is -3.26. The van der Waals surface area contributed by atoms with Crippen LogP contribution in [0.3, 0.4) is 0 Å². The minimum Gasteiger partial charge on any atom is -0.313 e. The summed E-state index contributed by atoms with van der Waals surface area (Å²) >= 11 is 1.45. The summed E-state index contributed by atoms with van der Waals surface area (Å²) in [5.74, 6) is -0.188. The van der Waals surface area contributed by atoms with Crippen LogP contribution >= 0.6 is 11.3 Å². The Bertz CT molecular complexity index is 1000. The van der Waals surface area contributed by atoms with Crippen molar-refractivity contribution in [1.82, 2.24) is 10.2 Å². The van der Waals surface area contributed by atoms with Gasteiger partial charge in [0.15, 0.2) is 0 Å². The van der Waals surface area contributed by atoms with Crippen molar-refractivity contribution in [2.24, 2.45) is 0 Å². The van der Waals surface area contributed by atoms with E-state index in [1.165, 1.54) is 17.4 Å². The van der Waals surface area contributed by atoms with E-state index in [0.29, 0.717) is 22.4 Å². The molecule has 0 unspecified atom stereocenters. The van der Waals surface area contributed by atoms with Crippen LogP contribution < -0.4 is 5.32 Å². The summed E-state index contributed by atoms with van der Waals surface area (Å²) in [5, 5.41) is 23.5. The Labute approximate surface area is 139 Å². The molecular formula is C16H10N4O3S. The lowest BCUT2D eigenvalue weighted by Gasteiger charge is -2.02. The lowest BCUT2D eigenvalue weighted by molar-refractivity contribution is -0.384. The van der Waals surface area contributed by atoms with E-state index in [1.54, 1.807) is 30.5 Å². The van der Waals surface area contributed by atoms with Crippen LogP contribution in [0, 0.1) is 10.1 Å². The number of aromatic nitrogens is 2. The van der Waals surface area contributed by atoms with Gasteiger partial charge in [0.2, 0.25) is 0 Å². The van der Waals surface area contributed by atoms with E-state index in [4.69, 9.17) is 0 Å². The van der Waals surface area contributed by atoms with Gasteiger partial charge < -0.3 is 5.32 Å². The molecule has 0 fully saturated rings. The second kappa shape index (κ2) is 5.43. The second-order valence-corrected chi connectivity index (χ2v) is 6.07. The zero-order valence-corrected chi connectivity index (χ0v) is 13.0. The standard InChI is InChI=1S/C16H10N4O3S/c21-15-12(10-5-6-24-16(10)18-15)7-9-8-17-19-14(9)11-3-1-2-4-13(11)20(22)23/h1-8H,(H,17,19)(H,18,21). The van der Waals surface area contributed by atoms with Crippen LogP contribution in [0.1, 0.15) is 11.1 Å². The van der Waals surface area contributed by atoms with Gasteiger partial charge in [-0.2, -0.15) is 5.10 Å². The average molecular weight is 338 g/mol. The molecule has 1 amide bonds. The fourth-order valence-electron chi connectivity index (χ4n) is 2.67. The van der Waals surface area contributed by atoms with Gasteiger partial charge in [-0.15, -0.1) is 11.3 Å². The van der Waals surface area contributed by atoms with E-state index in [-0.39, 0.29) is 11.6 Å². The smallest absolute Gasteiger partial charge is 0.278 e. The molecule has 8 heteroatoms. The summed E-state index contributed by atoms with van der Waals surface area (Å²) in [6.07, 6.45) is 3.25. The topological polar surface area (TPSA) is 101 Å². The van der Waals surface area contributed by atoms with Crippen LogP contribution in [0.4, 0.5) is 10.7 Å². The number of nitro benzene ring substituents is 1. The maximum atomic E-state index is 12.1. The molecule has 0 radical (unpaired) electrons. The molecule has 0 aliphatic carbocycles. The Morgan fingerprint density at radius 3 is 2.88 bits per heavy atom. The molecule has 4 rings (SSSR count). The van der Waals surface area contributed by atoms with E-state index in [2.05, 4.69) is 15.5 Å². The van der Waals surface area contributed by atoms with Crippen molar-refractivity contribution in [3.8, 4) is 11.3 Å². The number of fused-ring (bicyclic) bond motifs is 1. The third-order valence-corrected chi connectivity index (χ3v) is 4.60. The summed E-state index contributed by atoms with van der Waals surface area (Å²) < 4.78 is 0. The molecule has 0 atom stereocenters. The third-order valence-electron chi connectivity index (χ3n) is 3.77. The molecule has 1 aromatic carbocycles. The molecule has 118 valence electrons. The maximum Gasteiger partial charge on any atom is 0.278 e. The number of nitrogens with zero attached hydrogens (tertiary/aromatic N) is 2. The van der Waals surface area contributed by atoms with Crippen LogP contribution in [0.25, 0.3) is 22.9 Å². The van der Waals surface area contributed by atoms with Gasteiger partial charge in [-0.25, -0.2) is 0 Å². The number of nitrogens with one attached hydrogen (secondary N) is 2. The highest BCUT2D eigenvalue weighted by atomic mass is 32.1. The number of hydrogen-bond donors (Lipinski definition) is 2. The Kier molecular flexibility index (Phi) is 3.24. The van der Waals surface area contributed by atoms with Gasteiger partial charge in [0.25, 0.3) is 11.6 Å². The monoisotopic (exact) mass is 338 g/mol. The van der Waals surface area contributed by atoms with Crippen molar-refractivity contribution >= 4 is 39.6 Å². The van der Waals surface area contributed by atoms with Crippen LogP contribution in [0.15, 0.2) is 41.9 Å². The van der Waals surface area contributed by atoms with E-state index in [0.717, 1.165) is 10.6 Å². The number of thiophene rings is 1. The van der Waals surface area contributed by atoms with Gasteiger partial charge in [0.1, 0.15) is 5.00 Å². The molecule has 7 nitrogen and oxygen atoms in total. The quantitative estimate of drug-likeness (QED) is 0.433. The highest BCUT2D eigenvalue weighted by Gasteiger charge is 2.26. The average Bonchev–Trinajstić information content (AvgIpc) is 3.26. The fourth-order valence-corrected chi connectivity index (χ4v) is 3.47. The summed E-state index contributed by atoms with van der Waals surface area (Å²) in [6, 6.07) is 8.29. The number of nitro groups is 1. The first-order valence-corrected chi connectivity index (χ1v) is 7.91. The number of anilines is 1. The van der Waals surface area contributed by atoms with Crippen LogP contribution in [0.5, 0.6) is 0 Å². The normalized spacial score (nSPS) is 14.7. The number of para-hydroxylation sites is 1. The van der Waals surface area contributed by atoms with Gasteiger partial charge in [-0.3, -0.25) is 20.0 Å². The van der Waals surface area contributed by atoms with E-state index in [9.17, 15) is 14.9 Å². The van der Waals surface area contributed by atoms with Crippen LogP contribution in [0.2, 0.25) is 0 Å². The zero-order valence-electron chi connectivity index (χ0n) is 12.1. The molecule has 2 aromatic heterocycles. The first-order chi connectivity index (χ1) is 11.6. The molecule has 0 spiro atoms. The molecule has 0 saturated heterocycles. The molecule has 1 aliphatic rings. The Morgan fingerprint density at radius 2 is 2.04 bits per heavy atom. The molecule has 1 aliphatic heterocycles. The third kappa shape index (κ3) is 2.20. The minimum atomic E-state index is -0.438. The molecule has 3 aromatic rings. The number of benzene rings is 1. The predicted octanol–water partition coefficient (Wildman–Crippen LogP) is 3.54. The van der Waals surface area contributed by atoms with Crippen LogP contribution in [-0.4, -0.2) is 21.0 Å². The minimum absolute atomic E-state index is 0.0199. The van der Waals surface area contributed by atoms with Crippen molar-refractivity contribution in [2.45, 2.75) is 0 Å². The second-order valence-electron chi connectivity index (χ2n) is 5.15. The highest BCUT2D eigenvalue weighted by molar-refractivity contribution is 7.15. The number of amides is 1. The SMILES string of the molecule is O=C1Nc2sccc2C1=Cc1cn[nH]c1-c1ccccc1[N+](=O)[O-]. The van der Waals surface area contributed by atoms with Gasteiger partial charge in [-0.05, 0) is 23.6 Å². The Balaban J connectivity index is 1.85. The lowest BCUT2D eigenvalue weighted by Crippen LogP contribution is -2.03. The zero-order chi connectivity index (χ0) is 16.7. The number of carbonyl (C=O) groups is 1. The highest BCUT2D eigenvalue weighted by Crippen LogP contribution is 2.38. The molecule has 3 heterocycles. The van der Waals surface area contributed by atoms with E-state index in [1.807, 2.05) is 11.4 Å². The summed E-state index contributed by atoms with van der Waals surface area (Å²) in [7, 11) is 0. The number of rotatable bonds is 3. The lowest BCUT2D eigenvalue weighted by atomic mass is 10.0. The van der Waals surface area contributed by atoms with Gasteiger partial charge in [0, 0.05) is 17.2 Å². The first-order valence-electron chi connectivity index (χ1n) is 7.03.